The maximum absolute atomic E-state index is 14.6. The third-order valence-corrected chi connectivity index (χ3v) is 6.89. The lowest BCUT2D eigenvalue weighted by Crippen LogP contribution is -2.21. The highest BCUT2D eigenvalue weighted by Crippen LogP contribution is 2.46. The van der Waals surface area contributed by atoms with Crippen molar-refractivity contribution < 1.29 is 31.3 Å². The molecule has 0 bridgehead atoms. The van der Waals surface area contributed by atoms with Crippen LogP contribution in [0.5, 0.6) is 11.8 Å². The zero-order valence-electron chi connectivity index (χ0n) is 19.2. The maximum atomic E-state index is 14.6. The number of nitrogens with one attached hydrogen (secondary N) is 2. The Balaban J connectivity index is 1.73. The van der Waals surface area contributed by atoms with E-state index in [4.69, 9.17) is 9.52 Å². The Morgan fingerprint density at radius 2 is 1.92 bits per heavy atom. The van der Waals surface area contributed by atoms with Crippen LogP contribution in [-0.4, -0.2) is 36.5 Å². The first-order valence-electron chi connectivity index (χ1n) is 10.5. The highest BCUT2D eigenvalue weighted by molar-refractivity contribution is 7.91. The lowest BCUT2D eigenvalue weighted by molar-refractivity contribution is -0.142. The SMILES string of the molecule is Cc1c(C(F)(F)F)nnc(Oc2ncc(C3(C)CC3)nc2F)c1C(=O)Nc1cccc(S(C)(=N)=O)c1. The molecule has 4 rings (SSSR count). The molecule has 2 heterocycles. The van der Waals surface area contributed by atoms with Gasteiger partial charge in [-0.3, -0.25) is 4.79 Å². The summed E-state index contributed by atoms with van der Waals surface area (Å²) in [4.78, 5) is 20.9. The highest BCUT2D eigenvalue weighted by atomic mass is 32.2. The van der Waals surface area contributed by atoms with Crippen LogP contribution in [0.2, 0.25) is 0 Å². The van der Waals surface area contributed by atoms with Crippen molar-refractivity contribution in [3.63, 3.8) is 0 Å². The van der Waals surface area contributed by atoms with E-state index in [1.54, 1.807) is 0 Å². The molecule has 0 aliphatic heterocycles. The average Bonchev–Trinajstić information content (AvgIpc) is 3.52. The fraction of sp³-hybridized carbons (Fsp3) is 0.318. The topological polar surface area (TPSA) is 131 Å². The largest absolute Gasteiger partial charge is 0.435 e. The quantitative estimate of drug-likeness (QED) is 0.440. The van der Waals surface area contributed by atoms with Gasteiger partial charge in [-0.25, -0.2) is 19.0 Å². The molecule has 36 heavy (non-hydrogen) atoms. The molecule has 14 heteroatoms. The van der Waals surface area contributed by atoms with E-state index in [0.29, 0.717) is 5.69 Å². The van der Waals surface area contributed by atoms with Crippen LogP contribution in [0.15, 0.2) is 35.4 Å². The number of halogens is 4. The van der Waals surface area contributed by atoms with Crippen LogP contribution < -0.4 is 10.1 Å². The van der Waals surface area contributed by atoms with E-state index in [0.717, 1.165) is 19.8 Å². The number of amides is 1. The zero-order valence-corrected chi connectivity index (χ0v) is 20.1. The van der Waals surface area contributed by atoms with Crippen molar-refractivity contribution in [1.29, 1.82) is 4.78 Å². The summed E-state index contributed by atoms with van der Waals surface area (Å²) in [5.74, 6) is -3.60. The van der Waals surface area contributed by atoms with E-state index in [9.17, 15) is 26.6 Å². The Labute approximate surface area is 203 Å². The van der Waals surface area contributed by atoms with Gasteiger partial charge in [-0.15, -0.1) is 10.2 Å². The van der Waals surface area contributed by atoms with Crippen molar-refractivity contribution in [3.05, 3.63) is 58.9 Å². The third kappa shape index (κ3) is 5.12. The second-order valence-corrected chi connectivity index (χ2v) is 10.8. The van der Waals surface area contributed by atoms with E-state index < -0.39 is 56.3 Å². The van der Waals surface area contributed by atoms with Crippen LogP contribution >= 0.6 is 0 Å². The Bertz CT molecular complexity index is 1470. The summed E-state index contributed by atoms with van der Waals surface area (Å²) in [6.45, 7) is 2.88. The first-order valence-corrected chi connectivity index (χ1v) is 12.5. The molecule has 2 N–H and O–H groups in total. The molecule has 9 nitrogen and oxygen atoms in total. The summed E-state index contributed by atoms with van der Waals surface area (Å²) in [5, 5.41) is 8.88. The monoisotopic (exact) mass is 524 g/mol. The lowest BCUT2D eigenvalue weighted by atomic mass is 10.1. The number of alkyl halides is 3. The summed E-state index contributed by atoms with van der Waals surface area (Å²) in [7, 11) is -3.13. The summed E-state index contributed by atoms with van der Waals surface area (Å²) >= 11 is 0. The molecule has 1 aliphatic rings. The smallest absolute Gasteiger partial charge is 0.414 e. The molecule has 1 aromatic carbocycles. The van der Waals surface area contributed by atoms with Gasteiger partial charge in [0.2, 0.25) is 0 Å². The number of anilines is 1. The first-order chi connectivity index (χ1) is 16.7. The number of aromatic nitrogens is 4. The van der Waals surface area contributed by atoms with Gasteiger partial charge in [-0.2, -0.15) is 17.6 Å². The fourth-order valence-electron chi connectivity index (χ4n) is 3.37. The molecular formula is C22H20F4N6O3S. The summed E-state index contributed by atoms with van der Waals surface area (Å²) in [5.41, 5.74) is -2.54. The van der Waals surface area contributed by atoms with Crippen LogP contribution in [0.25, 0.3) is 0 Å². The van der Waals surface area contributed by atoms with Crippen molar-refractivity contribution in [2.24, 2.45) is 0 Å². The Hall–Kier alpha value is -3.68. The molecular weight excluding hydrogens is 504 g/mol. The van der Waals surface area contributed by atoms with Crippen LogP contribution in [-0.2, 0) is 21.3 Å². The number of hydrogen-bond acceptors (Lipinski definition) is 8. The predicted molar refractivity (Wildman–Crippen MR) is 120 cm³/mol. The standard InChI is InChI=1S/C22H20F4N6O3S/c1-11-15(18(33)29-12-5-4-6-13(9-12)36(3,27)34)19(32-31-16(11)22(24,25)26)35-20-17(23)30-14(10-28-20)21(2)7-8-21/h4-6,9-10,27H,7-8H2,1-3H3,(H,29,33). The van der Waals surface area contributed by atoms with E-state index in [2.05, 4.69) is 25.5 Å². The molecule has 1 saturated carbocycles. The van der Waals surface area contributed by atoms with E-state index >= 15 is 0 Å². The summed E-state index contributed by atoms with van der Waals surface area (Å²) in [6, 6.07) is 5.48. The van der Waals surface area contributed by atoms with Gasteiger partial charge in [-0.05, 0) is 43.5 Å². The van der Waals surface area contributed by atoms with Gasteiger partial charge in [0.15, 0.2) is 5.69 Å². The molecule has 190 valence electrons. The highest BCUT2D eigenvalue weighted by Gasteiger charge is 2.42. The Morgan fingerprint density at radius 3 is 2.50 bits per heavy atom. The van der Waals surface area contributed by atoms with Gasteiger partial charge in [0.05, 0.1) is 21.6 Å². The Kier molecular flexibility index (Phi) is 6.19. The normalized spacial score (nSPS) is 16.2. The van der Waals surface area contributed by atoms with E-state index in [1.165, 1.54) is 36.7 Å². The first kappa shape index (κ1) is 25.4. The van der Waals surface area contributed by atoms with Crippen LogP contribution in [0.4, 0.5) is 23.2 Å². The van der Waals surface area contributed by atoms with Crippen molar-refractivity contribution in [1.82, 2.24) is 20.2 Å². The number of carbonyl (C=O) groups is 1. The molecule has 1 atom stereocenters. The van der Waals surface area contributed by atoms with Crippen molar-refractivity contribution in [3.8, 4) is 11.8 Å². The maximum Gasteiger partial charge on any atom is 0.435 e. The minimum atomic E-state index is -4.93. The van der Waals surface area contributed by atoms with E-state index in [1.807, 2.05) is 6.92 Å². The minimum Gasteiger partial charge on any atom is -0.414 e. The number of rotatable bonds is 6. The van der Waals surface area contributed by atoms with Gasteiger partial charge >= 0.3 is 6.18 Å². The van der Waals surface area contributed by atoms with E-state index in [-0.39, 0.29) is 16.0 Å². The number of nitrogens with zero attached hydrogens (tertiary/aromatic N) is 4. The fourth-order valence-corrected chi connectivity index (χ4v) is 4.06. The number of carbonyl (C=O) groups excluding carboxylic acids is 1. The van der Waals surface area contributed by atoms with Gasteiger partial charge in [0, 0.05) is 22.3 Å². The van der Waals surface area contributed by atoms with Gasteiger partial charge < -0.3 is 10.1 Å². The molecule has 0 radical (unpaired) electrons. The molecule has 2 aromatic heterocycles. The lowest BCUT2D eigenvalue weighted by Gasteiger charge is -2.16. The van der Waals surface area contributed by atoms with Crippen molar-refractivity contribution >= 4 is 21.3 Å². The molecule has 1 fully saturated rings. The minimum absolute atomic E-state index is 0.0584. The Morgan fingerprint density at radius 1 is 1.22 bits per heavy atom. The molecule has 1 unspecified atom stereocenters. The average molecular weight is 525 g/mol. The van der Waals surface area contributed by atoms with Crippen LogP contribution in [0.1, 0.15) is 47.1 Å². The van der Waals surface area contributed by atoms with Crippen molar-refractivity contribution in [2.45, 2.75) is 43.2 Å². The number of benzene rings is 1. The molecule has 0 spiro atoms. The van der Waals surface area contributed by atoms with Gasteiger partial charge in [-0.1, -0.05) is 13.0 Å². The van der Waals surface area contributed by atoms with Crippen molar-refractivity contribution in [2.75, 3.05) is 11.6 Å². The van der Waals surface area contributed by atoms with Crippen LogP contribution in [0.3, 0.4) is 0 Å². The third-order valence-electron chi connectivity index (χ3n) is 5.73. The molecule has 3 aromatic rings. The number of hydrogen-bond donors (Lipinski definition) is 2. The molecule has 1 amide bonds. The summed E-state index contributed by atoms with van der Waals surface area (Å²) < 4.78 is 80.1. The second-order valence-electron chi connectivity index (χ2n) is 8.69. The summed E-state index contributed by atoms with van der Waals surface area (Å²) in [6.07, 6.45) is -0.843. The number of ether oxygens (including phenoxy) is 1. The van der Waals surface area contributed by atoms with Gasteiger partial charge in [0.1, 0.15) is 5.56 Å². The zero-order chi connectivity index (χ0) is 26.5. The van der Waals surface area contributed by atoms with Gasteiger partial charge in [0.25, 0.3) is 23.6 Å². The van der Waals surface area contributed by atoms with Crippen LogP contribution in [0, 0.1) is 17.7 Å². The molecule has 1 aliphatic carbocycles. The second kappa shape index (κ2) is 8.76. The molecule has 0 saturated heterocycles. The predicted octanol–water partition coefficient (Wildman–Crippen LogP) is 4.86.